The molecule has 0 N–H and O–H groups in total. The summed E-state index contributed by atoms with van der Waals surface area (Å²) in [5, 5.41) is 6.94. The Balaban J connectivity index is 1.05. The van der Waals surface area contributed by atoms with Crippen LogP contribution in [0.3, 0.4) is 0 Å². The SMILES string of the molecule is Cc1cccc2c1C(c1ccccc1)(c1ccc(N(c3ccc(-c4ccccc4)cc3)c3ccc4c(ccc5ccc6c7ccccc7oc6c54)c3)cc1)c1ccccc1-2. The van der Waals surface area contributed by atoms with Gasteiger partial charge in [-0.2, -0.15) is 0 Å². The standard InChI is InChI=1S/C58H39NO/c1-38-13-12-20-51-49-18-8-10-21-53(49)58(56(38)51,43-16-6-3-7-17-43)44-28-32-46(33-29-44)59(45-30-25-40(26-31-45)39-14-4-2-5-15-39)47-34-36-48-42(37-47)24-23-41-27-35-52-50-19-9-11-22-54(50)60-57(52)55(41)48/h2-37H,1H3. The van der Waals surface area contributed by atoms with Crippen molar-refractivity contribution in [2.45, 2.75) is 12.3 Å². The van der Waals surface area contributed by atoms with Crippen molar-refractivity contribution >= 4 is 60.5 Å². The van der Waals surface area contributed by atoms with Crippen molar-refractivity contribution in [1.29, 1.82) is 0 Å². The number of aryl methyl sites for hydroxylation is 1. The first-order valence-corrected chi connectivity index (χ1v) is 20.8. The lowest BCUT2D eigenvalue weighted by atomic mass is 9.66. The lowest BCUT2D eigenvalue weighted by molar-refractivity contribution is 0.673. The molecule has 0 fully saturated rings. The van der Waals surface area contributed by atoms with Gasteiger partial charge in [0.05, 0.1) is 5.41 Å². The predicted octanol–water partition coefficient (Wildman–Crippen LogP) is 15.7. The smallest absolute Gasteiger partial charge is 0.143 e. The van der Waals surface area contributed by atoms with E-state index in [1.54, 1.807) is 0 Å². The molecular formula is C58H39NO. The van der Waals surface area contributed by atoms with E-state index in [1.165, 1.54) is 60.8 Å². The summed E-state index contributed by atoms with van der Waals surface area (Å²) in [7, 11) is 0. The third-order valence-corrected chi connectivity index (χ3v) is 12.9. The molecule has 0 aliphatic heterocycles. The zero-order valence-corrected chi connectivity index (χ0v) is 33.1. The predicted molar refractivity (Wildman–Crippen MR) is 251 cm³/mol. The second kappa shape index (κ2) is 13.4. The summed E-state index contributed by atoms with van der Waals surface area (Å²) < 4.78 is 6.57. The second-order valence-corrected chi connectivity index (χ2v) is 16.1. The van der Waals surface area contributed by atoms with Gasteiger partial charge in [-0.3, -0.25) is 0 Å². The van der Waals surface area contributed by atoms with Crippen LogP contribution in [-0.4, -0.2) is 0 Å². The van der Waals surface area contributed by atoms with Gasteiger partial charge in [0.25, 0.3) is 0 Å². The highest BCUT2D eigenvalue weighted by Crippen LogP contribution is 2.57. The Morgan fingerprint density at radius 2 is 1.02 bits per heavy atom. The molecule has 2 nitrogen and oxygen atoms in total. The number of fused-ring (bicyclic) bond motifs is 10. The lowest BCUT2D eigenvalue weighted by Gasteiger charge is -2.35. The highest BCUT2D eigenvalue weighted by molar-refractivity contribution is 6.23. The van der Waals surface area contributed by atoms with Crippen molar-refractivity contribution in [3.05, 3.63) is 246 Å². The van der Waals surface area contributed by atoms with Crippen molar-refractivity contribution in [3.8, 4) is 22.3 Å². The van der Waals surface area contributed by atoms with Crippen molar-refractivity contribution < 1.29 is 4.42 Å². The zero-order valence-electron chi connectivity index (χ0n) is 33.1. The van der Waals surface area contributed by atoms with Crippen molar-refractivity contribution in [1.82, 2.24) is 0 Å². The fourth-order valence-electron chi connectivity index (χ4n) is 10.2. The summed E-state index contributed by atoms with van der Waals surface area (Å²) in [5.74, 6) is 0. The Morgan fingerprint density at radius 1 is 0.417 bits per heavy atom. The fraction of sp³-hybridized carbons (Fsp3) is 0.0345. The first-order valence-electron chi connectivity index (χ1n) is 20.8. The maximum Gasteiger partial charge on any atom is 0.143 e. The molecule has 282 valence electrons. The molecule has 1 atom stereocenters. The minimum atomic E-state index is -0.467. The summed E-state index contributed by atoms with van der Waals surface area (Å²) in [6.45, 7) is 2.26. The van der Waals surface area contributed by atoms with Gasteiger partial charge in [0.15, 0.2) is 0 Å². The first kappa shape index (κ1) is 34.4. The van der Waals surface area contributed by atoms with E-state index in [4.69, 9.17) is 4.42 Å². The van der Waals surface area contributed by atoms with Gasteiger partial charge in [0, 0.05) is 33.2 Å². The molecule has 1 unspecified atom stereocenters. The summed E-state index contributed by atoms with van der Waals surface area (Å²) in [4.78, 5) is 2.39. The Bertz CT molecular complexity index is 3420. The monoisotopic (exact) mass is 765 g/mol. The van der Waals surface area contributed by atoms with E-state index in [0.717, 1.165) is 49.8 Å². The summed E-state index contributed by atoms with van der Waals surface area (Å²) in [6, 6.07) is 79.8. The van der Waals surface area contributed by atoms with Gasteiger partial charge >= 0.3 is 0 Å². The summed E-state index contributed by atoms with van der Waals surface area (Å²) in [5.41, 5.74) is 16.1. The molecule has 11 aromatic rings. The Labute approximate surface area is 349 Å². The van der Waals surface area contributed by atoms with Gasteiger partial charge in [-0.15, -0.1) is 0 Å². The minimum Gasteiger partial charge on any atom is -0.455 e. The molecule has 0 amide bonds. The van der Waals surface area contributed by atoms with Crippen LogP contribution in [0.4, 0.5) is 17.1 Å². The number of para-hydroxylation sites is 1. The molecule has 1 heterocycles. The molecule has 1 aliphatic rings. The van der Waals surface area contributed by atoms with E-state index < -0.39 is 5.41 Å². The maximum absolute atomic E-state index is 6.57. The molecular weight excluding hydrogens is 727 g/mol. The van der Waals surface area contributed by atoms with Crippen molar-refractivity contribution in [2.24, 2.45) is 0 Å². The Morgan fingerprint density at radius 3 is 1.83 bits per heavy atom. The molecule has 10 aromatic carbocycles. The molecule has 60 heavy (non-hydrogen) atoms. The van der Waals surface area contributed by atoms with Gasteiger partial charge in [-0.25, -0.2) is 0 Å². The number of hydrogen-bond acceptors (Lipinski definition) is 2. The molecule has 1 aliphatic carbocycles. The quantitative estimate of drug-likeness (QED) is 0.157. The molecule has 0 saturated heterocycles. The molecule has 12 rings (SSSR count). The minimum absolute atomic E-state index is 0.467. The molecule has 0 saturated carbocycles. The highest BCUT2D eigenvalue weighted by Gasteiger charge is 2.46. The van der Waals surface area contributed by atoms with Crippen LogP contribution in [0.5, 0.6) is 0 Å². The molecule has 0 spiro atoms. The Kier molecular flexibility index (Phi) is 7.70. The second-order valence-electron chi connectivity index (χ2n) is 16.1. The average Bonchev–Trinajstić information content (AvgIpc) is 3.85. The lowest BCUT2D eigenvalue weighted by Crippen LogP contribution is -2.29. The summed E-state index contributed by atoms with van der Waals surface area (Å²) in [6.07, 6.45) is 0. The number of hydrogen-bond donors (Lipinski definition) is 0. The van der Waals surface area contributed by atoms with Crippen LogP contribution in [0.1, 0.15) is 27.8 Å². The average molecular weight is 766 g/mol. The largest absolute Gasteiger partial charge is 0.455 e. The zero-order chi connectivity index (χ0) is 39.8. The van der Waals surface area contributed by atoms with E-state index >= 15 is 0 Å². The van der Waals surface area contributed by atoms with Crippen molar-refractivity contribution in [2.75, 3.05) is 4.90 Å². The van der Waals surface area contributed by atoms with E-state index in [0.29, 0.717) is 0 Å². The van der Waals surface area contributed by atoms with Crippen LogP contribution < -0.4 is 4.90 Å². The Hall–Kier alpha value is -7.68. The molecule has 0 radical (unpaired) electrons. The van der Waals surface area contributed by atoms with Crippen molar-refractivity contribution in [3.63, 3.8) is 0 Å². The van der Waals surface area contributed by atoms with Gasteiger partial charge < -0.3 is 9.32 Å². The maximum atomic E-state index is 6.57. The van der Waals surface area contributed by atoms with Gasteiger partial charge in [-0.1, -0.05) is 170 Å². The fourth-order valence-corrected chi connectivity index (χ4v) is 10.2. The first-order chi connectivity index (χ1) is 29.7. The van der Waals surface area contributed by atoms with Gasteiger partial charge in [0.2, 0.25) is 0 Å². The topological polar surface area (TPSA) is 16.4 Å². The number of anilines is 3. The number of benzene rings is 10. The molecule has 2 heteroatoms. The van der Waals surface area contributed by atoms with Crippen LogP contribution in [0, 0.1) is 6.92 Å². The van der Waals surface area contributed by atoms with Crippen LogP contribution in [-0.2, 0) is 5.41 Å². The van der Waals surface area contributed by atoms with Crippen LogP contribution in [0.25, 0.3) is 65.7 Å². The number of rotatable bonds is 6. The highest BCUT2D eigenvalue weighted by atomic mass is 16.3. The summed E-state index contributed by atoms with van der Waals surface area (Å²) >= 11 is 0. The normalized spacial score (nSPS) is 14.5. The number of furan rings is 1. The van der Waals surface area contributed by atoms with E-state index in [9.17, 15) is 0 Å². The van der Waals surface area contributed by atoms with E-state index in [-0.39, 0.29) is 0 Å². The van der Waals surface area contributed by atoms with E-state index in [2.05, 4.69) is 224 Å². The van der Waals surface area contributed by atoms with Crippen LogP contribution in [0.15, 0.2) is 223 Å². The van der Waals surface area contributed by atoms with Crippen LogP contribution in [0.2, 0.25) is 0 Å². The number of nitrogens with zero attached hydrogens (tertiary/aromatic N) is 1. The third kappa shape index (κ3) is 5.07. The molecule has 0 bridgehead atoms. The van der Waals surface area contributed by atoms with E-state index in [1.807, 2.05) is 6.07 Å². The third-order valence-electron chi connectivity index (χ3n) is 12.9. The van der Waals surface area contributed by atoms with Gasteiger partial charge in [-0.05, 0) is 122 Å². The van der Waals surface area contributed by atoms with Gasteiger partial charge in [0.1, 0.15) is 11.2 Å². The molecule has 1 aromatic heterocycles. The van der Waals surface area contributed by atoms with Crippen LogP contribution >= 0.6 is 0 Å².